The van der Waals surface area contributed by atoms with E-state index in [1.54, 1.807) is 54.3 Å². The number of carbonyl (C=O) groups is 1. The number of halogens is 1. The van der Waals surface area contributed by atoms with Gasteiger partial charge in [0.05, 0.1) is 19.3 Å². The third-order valence-electron chi connectivity index (χ3n) is 6.28. The molecule has 3 aromatic carbocycles. The summed E-state index contributed by atoms with van der Waals surface area (Å²) >= 11 is 7.61. The zero-order valence-corrected chi connectivity index (χ0v) is 23.7. The number of rotatable bonds is 9. The number of allylic oxidation sites excluding steroid dienone is 1. The lowest BCUT2D eigenvalue weighted by molar-refractivity contribution is -0.113. The molecule has 5 rings (SSSR count). The average molecular weight is 578 g/mol. The number of phenols is 1. The summed E-state index contributed by atoms with van der Waals surface area (Å²) in [5, 5.41) is 22.6. The lowest BCUT2D eigenvalue weighted by atomic mass is 9.94. The molecule has 0 radical (unpaired) electrons. The Hall–Kier alpha value is -4.15. The molecule has 1 aromatic heterocycles. The minimum atomic E-state index is -0.637. The highest BCUT2D eigenvalue weighted by Gasteiger charge is 2.35. The number of methoxy groups -OCH3 is 1. The third kappa shape index (κ3) is 5.88. The second-order valence-corrected chi connectivity index (χ2v) is 10.4. The van der Waals surface area contributed by atoms with Crippen LogP contribution in [0.5, 0.6) is 17.2 Å². The minimum Gasteiger partial charge on any atom is -0.504 e. The molecular formula is C29H28ClN5O4S. The van der Waals surface area contributed by atoms with Crippen LogP contribution in [0.4, 0.5) is 11.6 Å². The number of aromatic nitrogens is 3. The first-order valence-corrected chi connectivity index (χ1v) is 13.9. The van der Waals surface area contributed by atoms with E-state index in [4.69, 9.17) is 31.2 Å². The van der Waals surface area contributed by atoms with E-state index in [2.05, 4.69) is 10.6 Å². The normalized spacial score (nSPS) is 14.3. The predicted molar refractivity (Wildman–Crippen MR) is 156 cm³/mol. The van der Waals surface area contributed by atoms with Crippen molar-refractivity contribution >= 4 is 40.9 Å². The highest BCUT2D eigenvalue weighted by molar-refractivity contribution is 7.98. The number of thioether (sulfide) groups is 1. The van der Waals surface area contributed by atoms with E-state index in [9.17, 15) is 9.90 Å². The number of nitrogens with zero attached hydrogens (tertiary/aromatic N) is 3. The summed E-state index contributed by atoms with van der Waals surface area (Å²) in [6, 6.07) is 19.2. The fraction of sp³-hybridized carbons (Fsp3) is 0.207. The van der Waals surface area contributed by atoms with E-state index >= 15 is 0 Å². The molecule has 1 unspecified atom stereocenters. The third-order valence-corrected chi connectivity index (χ3v) is 7.43. The van der Waals surface area contributed by atoms with Crippen LogP contribution in [0.1, 0.15) is 31.0 Å². The number of amides is 1. The summed E-state index contributed by atoms with van der Waals surface area (Å²) in [5.41, 5.74) is 3.46. The lowest BCUT2D eigenvalue weighted by Crippen LogP contribution is -2.31. The van der Waals surface area contributed by atoms with E-state index < -0.39 is 6.04 Å². The van der Waals surface area contributed by atoms with Crippen LogP contribution in [0.3, 0.4) is 0 Å². The second kappa shape index (κ2) is 11.9. The summed E-state index contributed by atoms with van der Waals surface area (Å²) in [7, 11) is 1.59. The van der Waals surface area contributed by atoms with E-state index in [-0.39, 0.29) is 11.7 Å². The number of aromatic hydroxyl groups is 1. The van der Waals surface area contributed by atoms with Gasteiger partial charge < -0.3 is 25.2 Å². The molecule has 11 heteroatoms. The van der Waals surface area contributed by atoms with Crippen molar-refractivity contribution in [1.29, 1.82) is 0 Å². The smallest absolute Gasteiger partial charge is 0.255 e. The molecule has 206 valence electrons. The zero-order valence-electron chi connectivity index (χ0n) is 22.1. The van der Waals surface area contributed by atoms with Crippen molar-refractivity contribution < 1.29 is 19.4 Å². The topological polar surface area (TPSA) is 111 Å². The molecule has 0 saturated carbocycles. The number of nitrogens with one attached hydrogen (secondary N) is 2. The number of hydrogen-bond acceptors (Lipinski definition) is 8. The molecule has 1 aliphatic rings. The van der Waals surface area contributed by atoms with Gasteiger partial charge in [0, 0.05) is 22.2 Å². The number of hydrogen-bond donors (Lipinski definition) is 3. The van der Waals surface area contributed by atoms with Crippen molar-refractivity contribution in [2.45, 2.75) is 30.8 Å². The van der Waals surface area contributed by atoms with Crippen LogP contribution < -0.4 is 20.1 Å². The Morgan fingerprint density at radius 3 is 2.70 bits per heavy atom. The van der Waals surface area contributed by atoms with E-state index in [0.717, 1.165) is 5.56 Å². The molecule has 4 aromatic rings. The number of benzene rings is 3. The largest absolute Gasteiger partial charge is 0.504 e. The Bertz CT molecular complexity index is 1570. The van der Waals surface area contributed by atoms with E-state index in [1.165, 1.54) is 11.8 Å². The Morgan fingerprint density at radius 1 is 1.18 bits per heavy atom. The lowest BCUT2D eigenvalue weighted by Gasteiger charge is -2.29. The Kier molecular flexibility index (Phi) is 8.18. The number of phenolic OH excluding ortho intramolecular Hbond substituents is 1. The van der Waals surface area contributed by atoms with Gasteiger partial charge in [0.1, 0.15) is 11.8 Å². The van der Waals surface area contributed by atoms with Crippen molar-refractivity contribution in [3.8, 4) is 17.2 Å². The van der Waals surface area contributed by atoms with Crippen molar-refractivity contribution in [3.63, 3.8) is 0 Å². The molecule has 0 spiro atoms. The summed E-state index contributed by atoms with van der Waals surface area (Å²) in [5.74, 6) is 1.85. The number of fused-ring (bicyclic) bond motifs is 1. The van der Waals surface area contributed by atoms with Gasteiger partial charge in [0.2, 0.25) is 11.1 Å². The molecule has 2 heterocycles. The highest BCUT2D eigenvalue weighted by Crippen LogP contribution is 2.40. The summed E-state index contributed by atoms with van der Waals surface area (Å²) in [6.45, 7) is 4.05. The first-order chi connectivity index (χ1) is 19.4. The van der Waals surface area contributed by atoms with E-state index in [0.29, 0.717) is 62.5 Å². The second-order valence-electron chi connectivity index (χ2n) is 8.99. The fourth-order valence-corrected chi connectivity index (χ4v) is 5.40. The van der Waals surface area contributed by atoms with Gasteiger partial charge >= 0.3 is 0 Å². The predicted octanol–water partition coefficient (Wildman–Crippen LogP) is 6.26. The van der Waals surface area contributed by atoms with Crippen LogP contribution in [-0.2, 0) is 10.5 Å². The molecule has 0 fully saturated rings. The van der Waals surface area contributed by atoms with Gasteiger partial charge in [-0.05, 0) is 73.5 Å². The zero-order chi connectivity index (χ0) is 28.2. The van der Waals surface area contributed by atoms with Crippen molar-refractivity contribution in [2.75, 3.05) is 24.4 Å². The van der Waals surface area contributed by atoms with Crippen LogP contribution in [-0.4, -0.2) is 39.5 Å². The SMILES string of the molecule is CCOc1cc(C2C(C(=O)Nc3ccc(OC)cc3)=C(C)Nc3nc(SCc4cccc(Cl)c4)nn32)ccc1O. The molecule has 3 N–H and O–H groups in total. The molecule has 9 nitrogen and oxygen atoms in total. The van der Waals surface area contributed by atoms with Gasteiger partial charge in [-0.25, -0.2) is 4.68 Å². The van der Waals surface area contributed by atoms with Crippen LogP contribution in [0, 0.1) is 0 Å². The number of anilines is 2. The first kappa shape index (κ1) is 27.4. The average Bonchev–Trinajstić information content (AvgIpc) is 3.35. The first-order valence-electron chi connectivity index (χ1n) is 12.6. The van der Waals surface area contributed by atoms with Gasteiger partial charge in [0.15, 0.2) is 11.5 Å². The standard InChI is InChI=1S/C29H28ClN5O4S/c1-4-39-24-15-19(8-13-23(24)36)26-25(27(37)32-21-9-11-22(38-3)12-10-21)17(2)31-28-33-29(34-35(26)28)40-16-18-6-5-7-20(30)14-18/h5-15,26,36H,4,16H2,1-3H3,(H,32,37)(H,31,33,34). The Labute approximate surface area is 241 Å². The molecule has 0 bridgehead atoms. The van der Waals surface area contributed by atoms with Crippen LogP contribution in [0.15, 0.2) is 83.2 Å². The maximum absolute atomic E-state index is 13.8. The monoisotopic (exact) mass is 577 g/mol. The van der Waals surface area contributed by atoms with Crippen molar-refractivity contribution in [3.05, 3.63) is 94.1 Å². The van der Waals surface area contributed by atoms with Crippen molar-refractivity contribution in [1.82, 2.24) is 14.8 Å². The fourth-order valence-electron chi connectivity index (χ4n) is 4.41. The highest BCUT2D eigenvalue weighted by atomic mass is 35.5. The van der Waals surface area contributed by atoms with Crippen LogP contribution in [0.2, 0.25) is 5.02 Å². The molecule has 1 atom stereocenters. The minimum absolute atomic E-state index is 0.0149. The molecule has 40 heavy (non-hydrogen) atoms. The van der Waals surface area contributed by atoms with Gasteiger partial charge in [-0.15, -0.1) is 5.10 Å². The molecule has 1 aliphatic heterocycles. The Balaban J connectivity index is 1.51. The van der Waals surface area contributed by atoms with Gasteiger partial charge in [-0.1, -0.05) is 41.6 Å². The number of ether oxygens (including phenoxy) is 2. The van der Waals surface area contributed by atoms with Gasteiger partial charge in [-0.2, -0.15) is 4.98 Å². The number of carbonyl (C=O) groups excluding carboxylic acids is 1. The Morgan fingerprint density at radius 2 is 1.98 bits per heavy atom. The maximum Gasteiger partial charge on any atom is 0.255 e. The quantitative estimate of drug-likeness (QED) is 0.200. The summed E-state index contributed by atoms with van der Waals surface area (Å²) in [4.78, 5) is 18.5. The van der Waals surface area contributed by atoms with Crippen LogP contribution in [0.25, 0.3) is 0 Å². The van der Waals surface area contributed by atoms with Crippen LogP contribution >= 0.6 is 23.4 Å². The summed E-state index contributed by atoms with van der Waals surface area (Å²) in [6.07, 6.45) is 0. The molecule has 0 saturated heterocycles. The van der Waals surface area contributed by atoms with E-state index in [1.807, 2.05) is 38.1 Å². The van der Waals surface area contributed by atoms with Gasteiger partial charge in [0.25, 0.3) is 5.91 Å². The molecule has 1 amide bonds. The maximum atomic E-state index is 13.8. The molecular weight excluding hydrogens is 550 g/mol. The van der Waals surface area contributed by atoms with Crippen molar-refractivity contribution in [2.24, 2.45) is 0 Å². The molecule has 0 aliphatic carbocycles. The van der Waals surface area contributed by atoms with Gasteiger partial charge in [-0.3, -0.25) is 4.79 Å². The summed E-state index contributed by atoms with van der Waals surface area (Å²) < 4.78 is 12.6.